The number of hydrogen-bond donors (Lipinski definition) is 0. The van der Waals surface area contributed by atoms with Crippen molar-refractivity contribution in [1.29, 1.82) is 0 Å². The van der Waals surface area contributed by atoms with E-state index in [4.69, 9.17) is 0 Å². The molecule has 0 saturated heterocycles. The van der Waals surface area contributed by atoms with Gasteiger partial charge in [-0.3, -0.25) is 0 Å². The molecule has 0 bridgehead atoms. The van der Waals surface area contributed by atoms with Crippen LogP contribution in [0.2, 0.25) is 0 Å². The van der Waals surface area contributed by atoms with Crippen LogP contribution in [0.3, 0.4) is 0 Å². The van der Waals surface area contributed by atoms with E-state index in [1.807, 2.05) is 0 Å². The van der Waals surface area contributed by atoms with Crippen molar-refractivity contribution in [2.24, 2.45) is 0 Å². The number of anilines is 7. The molecule has 7 aliphatic rings. The van der Waals surface area contributed by atoms with Crippen LogP contribution in [0, 0.1) is 27.7 Å². The van der Waals surface area contributed by atoms with E-state index in [-0.39, 0.29) is 44.9 Å². The Morgan fingerprint density at radius 1 is 0.465 bits per heavy atom. The first-order valence-corrected chi connectivity index (χ1v) is 27.7. The maximum atomic E-state index is 3.00. The Kier molecular flexibility index (Phi) is 9.05. The second-order valence-corrected chi connectivity index (χ2v) is 27.4. The lowest BCUT2D eigenvalue weighted by Gasteiger charge is -2.54. The van der Waals surface area contributed by atoms with Crippen LogP contribution in [0.25, 0.3) is 11.1 Å². The molecule has 3 aliphatic carbocycles. The molecule has 4 aliphatic heterocycles. The largest absolute Gasteiger partial charge is 0.335 e. The number of benzene rings is 6. The fourth-order valence-electron chi connectivity index (χ4n) is 17.0. The zero-order chi connectivity index (χ0) is 50.1. The highest BCUT2D eigenvalue weighted by Crippen LogP contribution is 2.66. The first kappa shape index (κ1) is 45.6. The Bertz CT molecular complexity index is 3330. The Labute approximate surface area is 427 Å². The molecule has 4 heteroatoms. The summed E-state index contributed by atoms with van der Waals surface area (Å²) >= 11 is 0. The normalized spacial score (nSPS) is 26.1. The van der Waals surface area contributed by atoms with Gasteiger partial charge in [0.2, 0.25) is 0 Å². The van der Waals surface area contributed by atoms with Gasteiger partial charge in [-0.25, -0.2) is 0 Å². The molecule has 4 atom stereocenters. The van der Waals surface area contributed by atoms with Crippen molar-refractivity contribution < 1.29 is 0 Å². The Balaban J connectivity index is 1.21. The van der Waals surface area contributed by atoms with Crippen molar-refractivity contribution >= 4 is 62.9 Å². The average molecular weight is 936 g/mol. The smallest absolute Gasteiger partial charge is 0.253 e. The maximum Gasteiger partial charge on any atom is 0.253 e. The second-order valence-electron chi connectivity index (χ2n) is 27.4. The van der Waals surface area contributed by atoms with E-state index >= 15 is 0 Å². The molecule has 2 saturated carbocycles. The van der Waals surface area contributed by atoms with E-state index in [9.17, 15) is 0 Å². The highest BCUT2D eigenvalue weighted by atomic mass is 15.3. The van der Waals surface area contributed by atoms with Crippen LogP contribution in [0.4, 0.5) is 39.8 Å². The fraction of sp³-hybridized carbons (Fsp3) is 0.463. The van der Waals surface area contributed by atoms with Gasteiger partial charge >= 0.3 is 0 Å². The number of nitrogens with zero attached hydrogens (tertiary/aromatic N) is 3. The Morgan fingerprint density at radius 3 is 1.75 bits per heavy atom. The molecule has 2 fully saturated rings. The molecule has 6 aromatic carbocycles. The van der Waals surface area contributed by atoms with Crippen LogP contribution in [0.1, 0.15) is 190 Å². The quantitative estimate of drug-likeness (QED) is 0.160. The zero-order valence-corrected chi connectivity index (χ0v) is 46.2. The summed E-state index contributed by atoms with van der Waals surface area (Å²) in [5, 5.41) is 0. The Hall–Kier alpha value is -5.22. The molecule has 3 nitrogen and oxygen atoms in total. The second kappa shape index (κ2) is 14.1. The van der Waals surface area contributed by atoms with Crippen molar-refractivity contribution in [2.75, 3.05) is 14.7 Å². The van der Waals surface area contributed by atoms with E-state index in [0.717, 1.165) is 0 Å². The highest BCUT2D eigenvalue weighted by molar-refractivity contribution is 7.01. The minimum atomic E-state index is -0.127. The van der Waals surface area contributed by atoms with Gasteiger partial charge in [0.15, 0.2) is 0 Å². The van der Waals surface area contributed by atoms with E-state index in [1.165, 1.54) is 158 Å². The van der Waals surface area contributed by atoms with Gasteiger partial charge in [-0.05, 0) is 180 Å². The van der Waals surface area contributed by atoms with Crippen LogP contribution < -0.4 is 31.1 Å². The molecule has 0 aromatic heterocycles. The number of rotatable bonds is 2. The van der Waals surface area contributed by atoms with Crippen LogP contribution in [0.15, 0.2) is 84.9 Å². The summed E-state index contributed by atoms with van der Waals surface area (Å²) in [5.41, 5.74) is 31.4. The molecule has 0 amide bonds. The summed E-state index contributed by atoms with van der Waals surface area (Å²) in [4.78, 5) is 8.70. The van der Waals surface area contributed by atoms with Crippen molar-refractivity contribution in [1.82, 2.24) is 0 Å². The summed E-state index contributed by atoms with van der Waals surface area (Å²) in [7, 11) is 0. The molecular formula is C67H78BN3. The van der Waals surface area contributed by atoms with Gasteiger partial charge < -0.3 is 14.7 Å². The SMILES string of the molecule is Cc1cc(C)c2c3c1B1c4c(cc(N5c6ccc(C(C)(C)C)cc6C6(C)CCCCC56C)cc4N3C3(C)CCCCC23C)N(c2c(C)cc(C(C)(C)C)cc2C)c2ccc3c(c21)-c1ccccc1C3(C)C. The van der Waals surface area contributed by atoms with E-state index in [1.54, 1.807) is 16.6 Å². The average Bonchev–Trinajstić information content (AvgIpc) is 3.77. The molecule has 4 heterocycles. The number of aryl methyl sites for hydroxylation is 4. The third-order valence-corrected chi connectivity index (χ3v) is 21.1. The molecule has 71 heavy (non-hydrogen) atoms. The van der Waals surface area contributed by atoms with Gasteiger partial charge in [0.1, 0.15) is 0 Å². The predicted octanol–water partition coefficient (Wildman–Crippen LogP) is 15.9. The predicted molar refractivity (Wildman–Crippen MR) is 305 cm³/mol. The molecule has 0 spiro atoms. The zero-order valence-electron chi connectivity index (χ0n) is 46.2. The van der Waals surface area contributed by atoms with Crippen molar-refractivity contribution in [3.63, 3.8) is 0 Å². The first-order chi connectivity index (χ1) is 33.4. The van der Waals surface area contributed by atoms with Gasteiger partial charge in [0.05, 0.1) is 16.8 Å². The molecule has 6 aromatic rings. The lowest BCUT2D eigenvalue weighted by Crippen LogP contribution is -2.65. The molecule has 4 unspecified atom stereocenters. The van der Waals surface area contributed by atoms with Crippen LogP contribution in [-0.2, 0) is 27.1 Å². The van der Waals surface area contributed by atoms with Crippen molar-refractivity contribution in [2.45, 2.75) is 200 Å². The molecule has 13 rings (SSSR count). The topological polar surface area (TPSA) is 9.72 Å². The van der Waals surface area contributed by atoms with E-state index in [0.29, 0.717) is 0 Å². The Morgan fingerprint density at radius 2 is 1.07 bits per heavy atom. The van der Waals surface area contributed by atoms with Crippen LogP contribution >= 0.6 is 0 Å². The van der Waals surface area contributed by atoms with E-state index in [2.05, 4.69) is 210 Å². The van der Waals surface area contributed by atoms with E-state index < -0.39 is 0 Å². The van der Waals surface area contributed by atoms with Gasteiger partial charge in [-0.15, -0.1) is 0 Å². The fourth-order valence-corrected chi connectivity index (χ4v) is 17.0. The van der Waals surface area contributed by atoms with Gasteiger partial charge in [-0.1, -0.05) is 161 Å². The molecule has 0 radical (unpaired) electrons. The minimum absolute atomic E-state index is 0.00667. The standard InChI is InChI=1S/C67H78BN3/c1-39-33-40(2)56-60-55(39)65(14)30-20-22-32-67(65,16)71(60)53-38-45(70-50-27-25-43(61(5,6)7)36-49(50)64(13)29-19-21-31-66(64,70)15)37-52-57(53)68(56)58-51(69(52)59-41(3)34-44(35-42(59)4)62(8,9)10)28-26-48-54(58)46-23-17-18-24-47(46)63(48,11)12/h17-18,23-28,33-38H,19-22,29-32H2,1-16H3. The minimum Gasteiger partial charge on any atom is -0.335 e. The third-order valence-electron chi connectivity index (χ3n) is 21.1. The lowest BCUT2D eigenvalue weighted by molar-refractivity contribution is 0.193. The summed E-state index contributed by atoms with van der Waals surface area (Å²) in [6.07, 6.45) is 9.84. The van der Waals surface area contributed by atoms with Crippen LogP contribution in [-0.4, -0.2) is 17.8 Å². The molecule has 364 valence electrons. The molecule has 0 N–H and O–H groups in total. The third kappa shape index (κ3) is 5.48. The highest BCUT2D eigenvalue weighted by Gasteiger charge is 2.64. The first-order valence-electron chi connectivity index (χ1n) is 27.7. The summed E-state index contributed by atoms with van der Waals surface area (Å²) in [6.45, 7) is 39.6. The van der Waals surface area contributed by atoms with Crippen molar-refractivity contribution in [3.8, 4) is 11.1 Å². The summed E-state index contributed by atoms with van der Waals surface area (Å²) in [5.74, 6) is 0. The monoisotopic (exact) mass is 936 g/mol. The van der Waals surface area contributed by atoms with Gasteiger partial charge in [0, 0.05) is 50.4 Å². The summed E-state index contributed by atoms with van der Waals surface area (Å²) in [6, 6.07) is 35.2. The van der Waals surface area contributed by atoms with Gasteiger partial charge in [0.25, 0.3) is 6.71 Å². The molecular weight excluding hydrogens is 858 g/mol. The lowest BCUT2D eigenvalue weighted by atomic mass is 9.32. The number of hydrogen-bond acceptors (Lipinski definition) is 3. The number of fused-ring (bicyclic) bond motifs is 14. The maximum absolute atomic E-state index is 3.00. The van der Waals surface area contributed by atoms with Crippen molar-refractivity contribution in [3.05, 3.63) is 141 Å². The van der Waals surface area contributed by atoms with Crippen LogP contribution in [0.5, 0.6) is 0 Å². The van der Waals surface area contributed by atoms with Gasteiger partial charge in [-0.2, -0.15) is 0 Å². The summed E-state index contributed by atoms with van der Waals surface area (Å²) < 4.78 is 0.